The van der Waals surface area contributed by atoms with Gasteiger partial charge in [0, 0.05) is 19.0 Å². The summed E-state index contributed by atoms with van der Waals surface area (Å²) < 4.78 is 0. The zero-order valence-corrected chi connectivity index (χ0v) is 13.0. The van der Waals surface area contributed by atoms with E-state index >= 15 is 0 Å². The molecule has 21 heavy (non-hydrogen) atoms. The first-order chi connectivity index (χ1) is 9.99. The fourth-order valence-electron chi connectivity index (χ4n) is 2.82. The van der Waals surface area contributed by atoms with Crippen molar-refractivity contribution >= 4 is 33.7 Å². The van der Waals surface area contributed by atoms with Crippen LogP contribution >= 0.6 is 11.3 Å². The van der Waals surface area contributed by atoms with Gasteiger partial charge in [-0.2, -0.15) is 0 Å². The van der Waals surface area contributed by atoms with Gasteiger partial charge in [0.2, 0.25) is 0 Å². The number of amides is 1. The monoisotopic (exact) mass is 307 g/mol. The average Bonchev–Trinajstić information content (AvgIpc) is 3.22. The molecule has 2 fully saturated rings. The Morgan fingerprint density at radius 2 is 1.81 bits per heavy atom. The van der Waals surface area contributed by atoms with Gasteiger partial charge in [0.15, 0.2) is 5.78 Å². The normalized spacial score (nSPS) is 19.8. The molecule has 1 amide bonds. The lowest BCUT2D eigenvalue weighted by Crippen LogP contribution is -2.33. The smallest absolute Gasteiger partial charge is 0.253 e. The van der Waals surface area contributed by atoms with Crippen LogP contribution in [0.25, 0.3) is 0 Å². The maximum atomic E-state index is 12.3. The summed E-state index contributed by atoms with van der Waals surface area (Å²) in [5, 5.41) is 0.788. The molecule has 0 unspecified atom stereocenters. The molecule has 5 nitrogen and oxygen atoms in total. The zero-order chi connectivity index (χ0) is 15.1. The van der Waals surface area contributed by atoms with E-state index in [0.717, 1.165) is 43.8 Å². The van der Waals surface area contributed by atoms with Crippen LogP contribution in [-0.4, -0.2) is 24.8 Å². The number of hydrogen-bond acceptors (Lipinski definition) is 5. The maximum Gasteiger partial charge on any atom is 0.253 e. The van der Waals surface area contributed by atoms with Crippen molar-refractivity contribution in [1.29, 1.82) is 0 Å². The molecule has 1 aliphatic heterocycles. The number of nitrogen functional groups attached to an aromatic ring is 1. The lowest BCUT2D eigenvalue weighted by atomic mass is 9.99. The number of ketones is 1. The van der Waals surface area contributed by atoms with E-state index in [1.165, 1.54) is 11.3 Å². The highest BCUT2D eigenvalue weighted by atomic mass is 32.1. The van der Waals surface area contributed by atoms with Crippen molar-refractivity contribution < 1.29 is 9.59 Å². The molecular weight excluding hydrogens is 286 g/mol. The topological polar surface area (TPSA) is 89.4 Å². The summed E-state index contributed by atoms with van der Waals surface area (Å²) in [6.07, 6.45) is 4.03. The molecule has 6 heteroatoms. The number of Topliss-reactive ketones (excluding diaryl/α,β-unsaturated/α-hetero) is 1. The van der Waals surface area contributed by atoms with E-state index in [4.69, 9.17) is 11.5 Å². The van der Waals surface area contributed by atoms with Crippen LogP contribution in [0.1, 0.15) is 52.6 Å². The largest absolute Gasteiger partial charge is 0.397 e. The molecule has 1 aromatic rings. The Labute approximate surface area is 128 Å². The van der Waals surface area contributed by atoms with Crippen molar-refractivity contribution in [3.8, 4) is 0 Å². The van der Waals surface area contributed by atoms with Crippen LogP contribution in [0.5, 0.6) is 0 Å². The number of hydrogen-bond donors (Lipinski definition) is 2. The Hall–Kier alpha value is -1.56. The molecule has 4 N–H and O–H groups in total. The van der Waals surface area contributed by atoms with Crippen LogP contribution in [-0.2, 0) is 0 Å². The van der Waals surface area contributed by atoms with Crippen molar-refractivity contribution in [3.63, 3.8) is 0 Å². The minimum absolute atomic E-state index is 0.0802. The number of piperidine rings is 1. The average molecular weight is 307 g/mol. The van der Waals surface area contributed by atoms with Gasteiger partial charge in [-0.3, -0.25) is 9.59 Å². The number of thiophene rings is 1. The number of rotatable bonds is 4. The predicted octanol–water partition coefficient (Wildman–Crippen LogP) is 2.26. The standard InChI is InChI=1S/C15H21N3O2S/c1-8-4-6-18(7-5-8)15-10(14(17)20)11(16)13(21-15)12(19)9-2-3-9/h8-9H,2-7,16H2,1H3,(H2,17,20). The Kier molecular flexibility index (Phi) is 3.65. The third-order valence-corrected chi connectivity index (χ3v) is 5.70. The van der Waals surface area contributed by atoms with Gasteiger partial charge in [-0.1, -0.05) is 6.92 Å². The van der Waals surface area contributed by atoms with Crippen LogP contribution in [0.4, 0.5) is 10.7 Å². The van der Waals surface area contributed by atoms with E-state index in [2.05, 4.69) is 11.8 Å². The first-order valence-electron chi connectivity index (χ1n) is 7.50. The number of nitrogens with zero attached hydrogens (tertiary/aromatic N) is 1. The fourth-order valence-corrected chi connectivity index (χ4v) is 4.11. The number of nitrogens with two attached hydrogens (primary N) is 2. The molecule has 1 aromatic heterocycles. The molecule has 2 aliphatic rings. The number of primary amides is 1. The predicted molar refractivity (Wildman–Crippen MR) is 84.9 cm³/mol. The quantitative estimate of drug-likeness (QED) is 0.835. The van der Waals surface area contributed by atoms with Gasteiger partial charge in [0.05, 0.1) is 16.1 Å². The molecule has 0 bridgehead atoms. The first-order valence-corrected chi connectivity index (χ1v) is 8.32. The summed E-state index contributed by atoms with van der Waals surface area (Å²) in [6, 6.07) is 0. The Morgan fingerprint density at radius 3 is 2.33 bits per heavy atom. The molecule has 1 saturated heterocycles. The van der Waals surface area contributed by atoms with Crippen LogP contribution < -0.4 is 16.4 Å². The maximum absolute atomic E-state index is 12.3. The summed E-state index contributed by atoms with van der Waals surface area (Å²) in [7, 11) is 0. The van der Waals surface area contributed by atoms with E-state index in [0.29, 0.717) is 16.4 Å². The van der Waals surface area contributed by atoms with E-state index in [1.807, 2.05) is 0 Å². The lowest BCUT2D eigenvalue weighted by molar-refractivity contribution is 0.0972. The van der Waals surface area contributed by atoms with Crippen molar-refractivity contribution in [2.24, 2.45) is 17.6 Å². The molecule has 0 radical (unpaired) electrons. The third-order valence-electron chi connectivity index (χ3n) is 4.42. The van der Waals surface area contributed by atoms with Gasteiger partial charge in [-0.05, 0) is 31.6 Å². The second-order valence-corrected chi connectivity index (χ2v) is 7.20. The molecule has 1 aliphatic carbocycles. The summed E-state index contributed by atoms with van der Waals surface area (Å²) in [4.78, 5) is 26.8. The van der Waals surface area contributed by atoms with Gasteiger partial charge < -0.3 is 16.4 Å². The first kappa shape index (κ1) is 14.4. The van der Waals surface area contributed by atoms with E-state index in [-0.39, 0.29) is 17.4 Å². The number of carbonyl (C=O) groups excluding carboxylic acids is 2. The second-order valence-electron chi connectivity index (χ2n) is 6.20. The van der Waals surface area contributed by atoms with E-state index in [9.17, 15) is 9.59 Å². The van der Waals surface area contributed by atoms with Crippen LogP contribution in [0.2, 0.25) is 0 Å². The van der Waals surface area contributed by atoms with Gasteiger partial charge in [-0.15, -0.1) is 11.3 Å². The molecule has 3 rings (SSSR count). The minimum atomic E-state index is -0.535. The molecule has 2 heterocycles. The van der Waals surface area contributed by atoms with Gasteiger partial charge in [0.25, 0.3) is 5.91 Å². The molecule has 0 aromatic carbocycles. The highest BCUT2D eigenvalue weighted by Gasteiger charge is 2.36. The van der Waals surface area contributed by atoms with Crippen LogP contribution in [0.3, 0.4) is 0 Å². The highest BCUT2D eigenvalue weighted by molar-refractivity contribution is 7.19. The highest BCUT2D eigenvalue weighted by Crippen LogP contribution is 2.43. The fraction of sp³-hybridized carbons (Fsp3) is 0.600. The van der Waals surface area contributed by atoms with Gasteiger partial charge in [0.1, 0.15) is 5.00 Å². The lowest BCUT2D eigenvalue weighted by Gasteiger charge is -2.31. The summed E-state index contributed by atoms with van der Waals surface area (Å²) in [5.74, 6) is 0.341. The van der Waals surface area contributed by atoms with E-state index in [1.54, 1.807) is 0 Å². The van der Waals surface area contributed by atoms with Crippen LogP contribution in [0.15, 0.2) is 0 Å². The zero-order valence-electron chi connectivity index (χ0n) is 12.2. The van der Waals surface area contributed by atoms with Crippen molar-refractivity contribution in [2.75, 3.05) is 23.7 Å². The number of anilines is 2. The summed E-state index contributed by atoms with van der Waals surface area (Å²) in [6.45, 7) is 4.01. The van der Waals surface area contributed by atoms with Crippen LogP contribution in [0, 0.1) is 11.8 Å². The molecule has 0 atom stereocenters. The van der Waals surface area contributed by atoms with Crippen molar-refractivity contribution in [1.82, 2.24) is 0 Å². The molecule has 114 valence electrons. The molecule has 1 saturated carbocycles. The summed E-state index contributed by atoms with van der Waals surface area (Å²) in [5.41, 5.74) is 12.2. The van der Waals surface area contributed by atoms with Crippen molar-refractivity contribution in [2.45, 2.75) is 32.6 Å². The van der Waals surface area contributed by atoms with Gasteiger partial charge in [-0.25, -0.2) is 0 Å². The Morgan fingerprint density at radius 1 is 1.19 bits per heavy atom. The summed E-state index contributed by atoms with van der Waals surface area (Å²) >= 11 is 1.35. The van der Waals surface area contributed by atoms with Crippen molar-refractivity contribution in [3.05, 3.63) is 10.4 Å². The second kappa shape index (κ2) is 5.33. The minimum Gasteiger partial charge on any atom is -0.397 e. The Balaban J connectivity index is 1.96. The van der Waals surface area contributed by atoms with E-state index < -0.39 is 5.91 Å². The van der Waals surface area contributed by atoms with Gasteiger partial charge >= 0.3 is 0 Å². The number of carbonyl (C=O) groups is 2. The third kappa shape index (κ3) is 2.64. The molecular formula is C15H21N3O2S. The Bertz CT molecular complexity index is 584. The SMILES string of the molecule is CC1CCN(c2sc(C(=O)C3CC3)c(N)c2C(N)=O)CC1. The molecule has 0 spiro atoms.